The summed E-state index contributed by atoms with van der Waals surface area (Å²) in [4.78, 5) is 17.0. The predicted molar refractivity (Wildman–Crippen MR) is 52.5 cm³/mol. The minimum Gasteiger partial charge on any atom is -0.404 e. The summed E-state index contributed by atoms with van der Waals surface area (Å²) in [6, 6.07) is 0. The molecule has 0 saturated carbocycles. The van der Waals surface area contributed by atoms with Crippen LogP contribution in [0.4, 0.5) is 0 Å². The minimum atomic E-state index is 0.104. The molecule has 0 unspecified atom stereocenters. The fourth-order valence-corrected chi connectivity index (χ4v) is 0.976. The van der Waals surface area contributed by atoms with Crippen LogP contribution in [0, 0.1) is 0 Å². The molecule has 0 aliphatic carbocycles. The Morgan fingerprint density at radius 1 is 1.62 bits per heavy atom. The maximum Gasteiger partial charge on any atom is 0.244 e. The van der Waals surface area contributed by atoms with Crippen molar-refractivity contribution in [3.05, 3.63) is 11.8 Å². The second kappa shape index (κ2) is 4.64. The van der Waals surface area contributed by atoms with E-state index in [4.69, 9.17) is 5.73 Å². The Balaban J connectivity index is 2.25. The van der Waals surface area contributed by atoms with E-state index in [0.717, 1.165) is 25.1 Å². The first kappa shape index (κ1) is 9.77. The predicted octanol–water partition coefficient (Wildman–Crippen LogP) is 0.152. The third-order valence-electron chi connectivity index (χ3n) is 1.99. The van der Waals surface area contributed by atoms with Gasteiger partial charge in [-0.1, -0.05) is 0 Å². The van der Waals surface area contributed by atoms with Crippen LogP contribution in [0.2, 0.25) is 0 Å². The Bertz CT molecular complexity index is 241. The second-order valence-electron chi connectivity index (χ2n) is 3.11. The van der Waals surface area contributed by atoms with Crippen molar-refractivity contribution in [3.8, 4) is 0 Å². The van der Waals surface area contributed by atoms with Gasteiger partial charge in [-0.2, -0.15) is 0 Å². The second-order valence-corrected chi connectivity index (χ2v) is 3.11. The maximum absolute atomic E-state index is 11.3. The number of nitrogens with zero attached hydrogens (tertiary/aromatic N) is 2. The lowest BCUT2D eigenvalue weighted by Crippen LogP contribution is -2.43. The average molecular weight is 181 g/mol. The lowest BCUT2D eigenvalue weighted by atomic mass is 10.2. The Kier molecular flexibility index (Phi) is 3.49. The van der Waals surface area contributed by atoms with E-state index in [9.17, 15) is 4.79 Å². The van der Waals surface area contributed by atoms with Gasteiger partial charge in [-0.25, -0.2) is 0 Å². The summed E-state index contributed by atoms with van der Waals surface area (Å²) in [5.41, 5.74) is 6.11. The number of hydrogen-bond acceptors (Lipinski definition) is 3. The van der Waals surface area contributed by atoms with Crippen LogP contribution >= 0.6 is 0 Å². The van der Waals surface area contributed by atoms with Crippen molar-refractivity contribution in [2.75, 3.05) is 19.6 Å². The zero-order chi connectivity index (χ0) is 9.68. The Hall–Kier alpha value is -1.32. The van der Waals surface area contributed by atoms with E-state index in [1.54, 1.807) is 11.1 Å². The van der Waals surface area contributed by atoms with Crippen molar-refractivity contribution in [3.63, 3.8) is 0 Å². The molecule has 0 aromatic carbocycles. The van der Waals surface area contributed by atoms with Crippen LogP contribution in [0.1, 0.15) is 13.3 Å². The molecule has 1 amide bonds. The van der Waals surface area contributed by atoms with E-state index in [0.29, 0.717) is 0 Å². The molecule has 4 heteroatoms. The number of carbonyl (C=O) groups excluding carboxylic acids is 1. The number of amides is 1. The number of allylic oxidation sites excluding steroid dienone is 1. The highest BCUT2D eigenvalue weighted by molar-refractivity contribution is 5.83. The largest absolute Gasteiger partial charge is 0.404 e. The molecule has 1 aliphatic rings. The van der Waals surface area contributed by atoms with Crippen LogP contribution in [0.15, 0.2) is 16.8 Å². The lowest BCUT2D eigenvalue weighted by molar-refractivity contribution is -0.132. The molecule has 0 bridgehead atoms. The van der Waals surface area contributed by atoms with E-state index in [1.165, 1.54) is 6.20 Å². The van der Waals surface area contributed by atoms with Gasteiger partial charge in [0.1, 0.15) is 6.54 Å². The zero-order valence-electron chi connectivity index (χ0n) is 7.86. The average Bonchev–Trinajstić information content (AvgIpc) is 2.01. The van der Waals surface area contributed by atoms with E-state index in [-0.39, 0.29) is 12.5 Å². The molecule has 0 spiro atoms. The molecule has 13 heavy (non-hydrogen) atoms. The summed E-state index contributed by atoms with van der Waals surface area (Å²) >= 11 is 0. The van der Waals surface area contributed by atoms with Crippen LogP contribution in [0.3, 0.4) is 0 Å². The highest BCUT2D eigenvalue weighted by atomic mass is 16.2. The van der Waals surface area contributed by atoms with Crippen molar-refractivity contribution < 1.29 is 4.79 Å². The molecule has 1 heterocycles. The molecular weight excluding hydrogens is 166 g/mol. The topological polar surface area (TPSA) is 58.7 Å². The number of rotatable bonds is 3. The number of hydrogen-bond donors (Lipinski definition) is 1. The standard InChI is InChI=1S/C9H15N3O/c1-8(5-10)6-11-7-9(13)12-3-2-4-12/h5-6H,2-4,7,10H2,1H3. The molecule has 0 aromatic heterocycles. The van der Waals surface area contributed by atoms with Crippen LogP contribution in [-0.4, -0.2) is 36.7 Å². The Labute approximate surface area is 78.1 Å². The summed E-state index contributed by atoms with van der Waals surface area (Å²) in [6.07, 6.45) is 4.21. The summed E-state index contributed by atoms with van der Waals surface area (Å²) in [5.74, 6) is 0.104. The zero-order valence-corrected chi connectivity index (χ0v) is 7.86. The van der Waals surface area contributed by atoms with Gasteiger partial charge in [-0.15, -0.1) is 0 Å². The fourth-order valence-electron chi connectivity index (χ4n) is 0.976. The van der Waals surface area contributed by atoms with Gasteiger partial charge < -0.3 is 10.6 Å². The van der Waals surface area contributed by atoms with Crippen molar-refractivity contribution in [1.29, 1.82) is 0 Å². The quantitative estimate of drug-likeness (QED) is 0.630. The van der Waals surface area contributed by atoms with Crippen LogP contribution in [-0.2, 0) is 4.79 Å². The van der Waals surface area contributed by atoms with E-state index >= 15 is 0 Å². The third kappa shape index (κ3) is 2.89. The SMILES string of the molecule is CC(C=NCC(=O)N1CCC1)=CN. The maximum atomic E-state index is 11.3. The first-order valence-corrected chi connectivity index (χ1v) is 4.40. The van der Waals surface area contributed by atoms with Gasteiger partial charge in [0, 0.05) is 19.3 Å². The summed E-state index contributed by atoms with van der Waals surface area (Å²) in [5, 5.41) is 0. The van der Waals surface area contributed by atoms with E-state index < -0.39 is 0 Å². The molecule has 1 saturated heterocycles. The summed E-state index contributed by atoms with van der Waals surface area (Å²) in [7, 11) is 0. The van der Waals surface area contributed by atoms with Crippen molar-refractivity contribution in [2.24, 2.45) is 10.7 Å². The van der Waals surface area contributed by atoms with Crippen LogP contribution in [0.5, 0.6) is 0 Å². The summed E-state index contributed by atoms with van der Waals surface area (Å²) < 4.78 is 0. The smallest absolute Gasteiger partial charge is 0.244 e. The lowest BCUT2D eigenvalue weighted by Gasteiger charge is -2.30. The number of nitrogens with two attached hydrogens (primary N) is 1. The Morgan fingerprint density at radius 3 is 2.77 bits per heavy atom. The molecule has 72 valence electrons. The molecule has 1 fully saturated rings. The third-order valence-corrected chi connectivity index (χ3v) is 1.99. The van der Waals surface area contributed by atoms with Gasteiger partial charge in [-0.05, 0) is 25.1 Å². The normalized spacial score (nSPS) is 17.6. The molecule has 2 N–H and O–H groups in total. The number of carbonyl (C=O) groups is 1. The molecule has 4 nitrogen and oxygen atoms in total. The van der Waals surface area contributed by atoms with Crippen LogP contribution in [0.25, 0.3) is 0 Å². The van der Waals surface area contributed by atoms with Gasteiger partial charge >= 0.3 is 0 Å². The number of likely N-dealkylation sites (tertiary alicyclic amines) is 1. The molecule has 1 aliphatic heterocycles. The molecule has 0 atom stereocenters. The van der Waals surface area contributed by atoms with Gasteiger partial charge in [-0.3, -0.25) is 9.79 Å². The fraction of sp³-hybridized carbons (Fsp3) is 0.556. The highest BCUT2D eigenvalue weighted by Crippen LogP contribution is 2.05. The van der Waals surface area contributed by atoms with Gasteiger partial charge in [0.15, 0.2) is 0 Å². The molecule has 0 aromatic rings. The molecule has 0 radical (unpaired) electrons. The first-order valence-electron chi connectivity index (χ1n) is 4.40. The Morgan fingerprint density at radius 2 is 2.31 bits per heavy atom. The van der Waals surface area contributed by atoms with Crippen LogP contribution < -0.4 is 5.73 Å². The van der Waals surface area contributed by atoms with Gasteiger partial charge in [0.25, 0.3) is 0 Å². The first-order chi connectivity index (χ1) is 6.24. The van der Waals surface area contributed by atoms with E-state index in [2.05, 4.69) is 4.99 Å². The van der Waals surface area contributed by atoms with Gasteiger partial charge in [0.05, 0.1) is 0 Å². The van der Waals surface area contributed by atoms with Crippen molar-refractivity contribution in [2.45, 2.75) is 13.3 Å². The van der Waals surface area contributed by atoms with Crippen molar-refractivity contribution in [1.82, 2.24) is 4.90 Å². The van der Waals surface area contributed by atoms with Gasteiger partial charge in [0.2, 0.25) is 5.91 Å². The highest BCUT2D eigenvalue weighted by Gasteiger charge is 2.18. The summed E-state index contributed by atoms with van der Waals surface area (Å²) in [6.45, 7) is 3.86. The minimum absolute atomic E-state index is 0.104. The molecule has 1 rings (SSSR count). The van der Waals surface area contributed by atoms with E-state index in [1.807, 2.05) is 6.92 Å². The monoisotopic (exact) mass is 181 g/mol. The van der Waals surface area contributed by atoms with Crippen molar-refractivity contribution >= 4 is 12.1 Å². The molecular formula is C9H15N3O. The number of aliphatic imine (C=N–C) groups is 1.